The van der Waals surface area contributed by atoms with Crippen LogP contribution in [-0.2, 0) is 6.54 Å². The Kier molecular flexibility index (Phi) is 3.28. The van der Waals surface area contributed by atoms with E-state index >= 15 is 0 Å². The molecule has 1 aromatic heterocycles. The molecule has 3 rings (SSSR count). The van der Waals surface area contributed by atoms with E-state index in [1.165, 1.54) is 5.56 Å². The molecule has 0 aliphatic carbocycles. The van der Waals surface area contributed by atoms with Gasteiger partial charge >= 0.3 is 0 Å². The van der Waals surface area contributed by atoms with Gasteiger partial charge in [0.2, 0.25) is 0 Å². The summed E-state index contributed by atoms with van der Waals surface area (Å²) in [4.78, 5) is 4.03. The average molecular weight is 243 g/mol. The van der Waals surface area contributed by atoms with Crippen LogP contribution in [0.15, 0.2) is 43.0 Å². The number of fused-ring (bicyclic) bond motifs is 1. The largest absolute Gasteiger partial charge is 0.491 e. The van der Waals surface area contributed by atoms with Crippen LogP contribution in [0.25, 0.3) is 0 Å². The lowest BCUT2D eigenvalue weighted by Crippen LogP contribution is -2.24. The molecular formula is C14H17N3O. The number of aryl methyl sites for hydroxylation is 1. The van der Waals surface area contributed by atoms with Gasteiger partial charge in [-0.3, -0.25) is 0 Å². The molecule has 0 radical (unpaired) electrons. The van der Waals surface area contributed by atoms with Gasteiger partial charge in [-0.05, 0) is 19.0 Å². The highest BCUT2D eigenvalue weighted by atomic mass is 16.5. The molecule has 0 saturated heterocycles. The second-order valence-electron chi connectivity index (χ2n) is 4.51. The van der Waals surface area contributed by atoms with Crippen molar-refractivity contribution in [1.82, 2.24) is 14.9 Å². The van der Waals surface area contributed by atoms with Gasteiger partial charge in [0.1, 0.15) is 12.4 Å². The molecule has 1 N–H and O–H groups in total. The molecule has 4 nitrogen and oxygen atoms in total. The van der Waals surface area contributed by atoms with Crippen LogP contribution >= 0.6 is 0 Å². The van der Waals surface area contributed by atoms with Crippen molar-refractivity contribution < 1.29 is 4.74 Å². The standard InChI is InChI=1S/C14H17N3O/c1-2-5-14-12(4-1)13(10-18-14)16-6-3-8-17-9-7-15-11-17/h1-2,4-5,7,9,11,13,16H,3,6,8,10H2. The molecule has 94 valence electrons. The number of hydrogen-bond donors (Lipinski definition) is 1. The van der Waals surface area contributed by atoms with Crippen molar-refractivity contribution >= 4 is 0 Å². The van der Waals surface area contributed by atoms with E-state index in [9.17, 15) is 0 Å². The fraction of sp³-hybridized carbons (Fsp3) is 0.357. The molecule has 1 atom stereocenters. The highest BCUT2D eigenvalue weighted by Gasteiger charge is 2.22. The summed E-state index contributed by atoms with van der Waals surface area (Å²) >= 11 is 0. The lowest BCUT2D eigenvalue weighted by atomic mass is 10.1. The first kappa shape index (κ1) is 11.3. The number of ether oxygens (including phenoxy) is 1. The van der Waals surface area contributed by atoms with Crippen LogP contribution in [0.3, 0.4) is 0 Å². The Balaban J connectivity index is 1.47. The molecule has 1 aliphatic heterocycles. The van der Waals surface area contributed by atoms with Gasteiger partial charge in [0.05, 0.1) is 12.4 Å². The van der Waals surface area contributed by atoms with Crippen molar-refractivity contribution in [1.29, 1.82) is 0 Å². The number of aromatic nitrogens is 2. The fourth-order valence-corrected chi connectivity index (χ4v) is 2.29. The number of para-hydroxylation sites is 1. The fourth-order valence-electron chi connectivity index (χ4n) is 2.29. The van der Waals surface area contributed by atoms with Crippen molar-refractivity contribution in [3.05, 3.63) is 48.5 Å². The third kappa shape index (κ3) is 2.38. The Morgan fingerprint density at radius 1 is 1.39 bits per heavy atom. The molecule has 1 aromatic carbocycles. The van der Waals surface area contributed by atoms with E-state index in [0.717, 1.165) is 31.9 Å². The number of imidazole rings is 1. The Morgan fingerprint density at radius 3 is 3.22 bits per heavy atom. The predicted molar refractivity (Wildman–Crippen MR) is 69.5 cm³/mol. The van der Waals surface area contributed by atoms with Gasteiger partial charge in [-0.2, -0.15) is 0 Å². The Hall–Kier alpha value is -1.81. The smallest absolute Gasteiger partial charge is 0.124 e. The minimum Gasteiger partial charge on any atom is -0.491 e. The van der Waals surface area contributed by atoms with Gasteiger partial charge in [-0.1, -0.05) is 18.2 Å². The molecule has 4 heteroatoms. The van der Waals surface area contributed by atoms with Crippen LogP contribution in [0, 0.1) is 0 Å². The number of nitrogens with one attached hydrogen (secondary N) is 1. The monoisotopic (exact) mass is 243 g/mol. The molecule has 18 heavy (non-hydrogen) atoms. The van der Waals surface area contributed by atoms with Gasteiger partial charge < -0.3 is 14.6 Å². The molecule has 0 saturated carbocycles. The van der Waals surface area contributed by atoms with Crippen molar-refractivity contribution in [2.24, 2.45) is 0 Å². The molecule has 2 heterocycles. The van der Waals surface area contributed by atoms with E-state index in [-0.39, 0.29) is 0 Å². The van der Waals surface area contributed by atoms with E-state index in [2.05, 4.69) is 27.0 Å². The zero-order valence-electron chi connectivity index (χ0n) is 10.2. The van der Waals surface area contributed by atoms with E-state index < -0.39 is 0 Å². The first-order valence-electron chi connectivity index (χ1n) is 6.34. The molecule has 1 aliphatic rings. The minimum atomic E-state index is 0.337. The highest BCUT2D eigenvalue weighted by Crippen LogP contribution is 2.31. The number of nitrogens with zero attached hydrogens (tertiary/aromatic N) is 2. The highest BCUT2D eigenvalue weighted by molar-refractivity contribution is 5.39. The van der Waals surface area contributed by atoms with Crippen molar-refractivity contribution in [3.8, 4) is 5.75 Å². The van der Waals surface area contributed by atoms with Gasteiger partial charge in [-0.15, -0.1) is 0 Å². The van der Waals surface area contributed by atoms with Crippen LogP contribution in [0.2, 0.25) is 0 Å². The van der Waals surface area contributed by atoms with Crippen LogP contribution < -0.4 is 10.1 Å². The summed E-state index contributed by atoms with van der Waals surface area (Å²) in [6.45, 7) is 2.73. The molecule has 1 unspecified atom stereocenters. The average Bonchev–Trinajstić information content (AvgIpc) is 3.04. The van der Waals surface area contributed by atoms with Crippen LogP contribution in [0.4, 0.5) is 0 Å². The summed E-state index contributed by atoms with van der Waals surface area (Å²) in [5.41, 5.74) is 1.28. The topological polar surface area (TPSA) is 39.1 Å². The second-order valence-corrected chi connectivity index (χ2v) is 4.51. The van der Waals surface area contributed by atoms with Crippen molar-refractivity contribution in [2.75, 3.05) is 13.2 Å². The summed E-state index contributed by atoms with van der Waals surface area (Å²) in [5.74, 6) is 1.02. The summed E-state index contributed by atoms with van der Waals surface area (Å²) in [6.07, 6.45) is 6.76. The maximum absolute atomic E-state index is 5.64. The summed E-state index contributed by atoms with van der Waals surface area (Å²) in [6, 6.07) is 8.58. The number of benzene rings is 1. The summed E-state index contributed by atoms with van der Waals surface area (Å²) in [7, 11) is 0. The van der Waals surface area contributed by atoms with E-state index in [0.29, 0.717) is 6.04 Å². The first-order valence-corrected chi connectivity index (χ1v) is 6.34. The quantitative estimate of drug-likeness (QED) is 0.816. The van der Waals surface area contributed by atoms with Crippen LogP contribution in [0.5, 0.6) is 5.75 Å². The number of rotatable bonds is 5. The predicted octanol–water partition coefficient (Wildman–Crippen LogP) is 2.00. The summed E-state index contributed by atoms with van der Waals surface area (Å²) < 4.78 is 7.73. The Labute approximate surface area is 107 Å². The minimum absolute atomic E-state index is 0.337. The van der Waals surface area contributed by atoms with E-state index in [1.807, 2.05) is 30.9 Å². The molecule has 0 bridgehead atoms. The molecule has 0 spiro atoms. The normalized spacial score (nSPS) is 17.4. The van der Waals surface area contributed by atoms with E-state index in [1.54, 1.807) is 0 Å². The molecule has 2 aromatic rings. The maximum atomic E-state index is 5.64. The van der Waals surface area contributed by atoms with Crippen LogP contribution in [0.1, 0.15) is 18.0 Å². The lowest BCUT2D eigenvalue weighted by molar-refractivity contribution is 0.310. The zero-order valence-corrected chi connectivity index (χ0v) is 10.2. The summed E-state index contributed by atoms with van der Waals surface area (Å²) in [5, 5.41) is 3.54. The Morgan fingerprint density at radius 2 is 2.33 bits per heavy atom. The third-order valence-corrected chi connectivity index (χ3v) is 3.24. The van der Waals surface area contributed by atoms with E-state index in [4.69, 9.17) is 4.74 Å². The lowest BCUT2D eigenvalue weighted by Gasteiger charge is -2.11. The van der Waals surface area contributed by atoms with Gasteiger partial charge in [0.15, 0.2) is 0 Å². The molecule has 0 amide bonds. The van der Waals surface area contributed by atoms with Crippen molar-refractivity contribution in [3.63, 3.8) is 0 Å². The zero-order chi connectivity index (χ0) is 12.2. The van der Waals surface area contributed by atoms with Gasteiger partial charge in [-0.25, -0.2) is 4.98 Å². The Bertz CT molecular complexity index is 496. The molecule has 0 fully saturated rings. The van der Waals surface area contributed by atoms with Crippen molar-refractivity contribution in [2.45, 2.75) is 19.0 Å². The maximum Gasteiger partial charge on any atom is 0.124 e. The SMILES string of the molecule is c1ccc2c(c1)OCC2NCCCn1ccnc1. The van der Waals surface area contributed by atoms with Gasteiger partial charge in [0, 0.05) is 24.5 Å². The molecular weight excluding hydrogens is 226 g/mol. The third-order valence-electron chi connectivity index (χ3n) is 3.24. The number of hydrogen-bond acceptors (Lipinski definition) is 3. The first-order chi connectivity index (χ1) is 8.93. The van der Waals surface area contributed by atoms with Crippen LogP contribution in [-0.4, -0.2) is 22.7 Å². The second kappa shape index (κ2) is 5.23. The van der Waals surface area contributed by atoms with Gasteiger partial charge in [0.25, 0.3) is 0 Å².